The van der Waals surface area contributed by atoms with Crippen LogP contribution in [0.4, 0.5) is 0 Å². The molecule has 4 aromatic rings. The van der Waals surface area contributed by atoms with E-state index in [4.69, 9.17) is 11.2 Å². The van der Waals surface area contributed by atoms with E-state index in [0.29, 0.717) is 0 Å². The van der Waals surface area contributed by atoms with Crippen LogP contribution in [-0.2, 0) is 6.54 Å². The molecular formula is C22H17NO. The van der Waals surface area contributed by atoms with Crippen molar-refractivity contribution < 1.29 is 4.74 Å². The molecule has 24 heavy (non-hydrogen) atoms. The molecule has 0 saturated carbocycles. The number of fused-ring (bicyclic) bond motifs is 3. The fraction of sp³-hybridized carbons (Fsp3) is 0.0909. The lowest BCUT2D eigenvalue weighted by Crippen LogP contribution is -1.99. The molecule has 2 heteroatoms. The Morgan fingerprint density at radius 1 is 0.833 bits per heavy atom. The van der Waals surface area contributed by atoms with Crippen molar-refractivity contribution in [1.29, 1.82) is 0 Å². The topological polar surface area (TPSA) is 14.2 Å². The largest absolute Gasteiger partial charge is 0.481 e. The summed E-state index contributed by atoms with van der Waals surface area (Å²) in [6, 6.07) is 25.2. The Bertz CT molecular complexity index is 1040. The lowest BCUT2D eigenvalue weighted by Gasteiger charge is -2.09. The number of aromatic nitrogens is 1. The first-order valence-electron chi connectivity index (χ1n) is 7.98. The molecule has 1 heterocycles. The maximum absolute atomic E-state index is 5.62. The third-order valence-corrected chi connectivity index (χ3v) is 4.25. The zero-order valence-corrected chi connectivity index (χ0v) is 13.3. The van der Waals surface area contributed by atoms with Crippen LogP contribution in [-0.4, -0.2) is 11.2 Å². The fourth-order valence-corrected chi connectivity index (χ4v) is 3.18. The summed E-state index contributed by atoms with van der Waals surface area (Å²) >= 11 is 0. The van der Waals surface area contributed by atoms with Crippen LogP contribution in [0, 0.1) is 12.3 Å². The molecule has 0 aliphatic heterocycles. The van der Waals surface area contributed by atoms with Crippen LogP contribution in [0.2, 0.25) is 0 Å². The van der Waals surface area contributed by atoms with E-state index in [1.807, 2.05) is 12.1 Å². The van der Waals surface area contributed by atoms with Crippen LogP contribution in [0.3, 0.4) is 0 Å². The molecule has 0 bridgehead atoms. The molecule has 0 radical (unpaired) electrons. The summed E-state index contributed by atoms with van der Waals surface area (Å²) in [6.45, 7) is 1.11. The normalized spacial score (nSPS) is 10.8. The predicted molar refractivity (Wildman–Crippen MR) is 99.3 cm³/mol. The van der Waals surface area contributed by atoms with Crippen molar-refractivity contribution in [2.45, 2.75) is 6.54 Å². The van der Waals surface area contributed by atoms with Gasteiger partial charge in [-0.1, -0.05) is 54.5 Å². The Morgan fingerprint density at radius 3 is 2.42 bits per heavy atom. The van der Waals surface area contributed by atoms with E-state index in [1.54, 1.807) is 0 Å². The number of nitrogens with zero attached hydrogens (tertiary/aromatic N) is 1. The molecule has 0 atom stereocenters. The van der Waals surface area contributed by atoms with Gasteiger partial charge in [0.2, 0.25) is 0 Å². The second-order valence-electron chi connectivity index (χ2n) is 5.76. The van der Waals surface area contributed by atoms with Gasteiger partial charge in [-0.15, -0.1) is 6.42 Å². The molecule has 0 N–H and O–H groups in total. The van der Waals surface area contributed by atoms with Crippen LogP contribution in [0.15, 0.2) is 72.8 Å². The van der Waals surface area contributed by atoms with Crippen LogP contribution < -0.4 is 4.74 Å². The highest BCUT2D eigenvalue weighted by molar-refractivity contribution is 6.08. The molecular weight excluding hydrogens is 294 g/mol. The van der Waals surface area contributed by atoms with Gasteiger partial charge in [0.25, 0.3) is 0 Å². The molecule has 0 fully saturated rings. The van der Waals surface area contributed by atoms with Crippen molar-refractivity contribution in [2.24, 2.45) is 0 Å². The molecule has 1 aromatic heterocycles. The summed E-state index contributed by atoms with van der Waals surface area (Å²) in [7, 11) is 0. The third-order valence-electron chi connectivity index (χ3n) is 4.25. The highest BCUT2D eigenvalue weighted by Gasteiger charge is 2.11. The van der Waals surface area contributed by atoms with Crippen LogP contribution in [0.1, 0.15) is 5.56 Å². The van der Waals surface area contributed by atoms with E-state index in [1.165, 1.54) is 21.9 Å². The van der Waals surface area contributed by atoms with E-state index in [-0.39, 0.29) is 6.61 Å². The summed E-state index contributed by atoms with van der Waals surface area (Å²) in [5.74, 6) is 3.32. The van der Waals surface area contributed by atoms with Crippen molar-refractivity contribution in [2.75, 3.05) is 6.61 Å². The van der Waals surface area contributed by atoms with Crippen LogP contribution in [0.5, 0.6) is 5.75 Å². The first-order chi connectivity index (χ1) is 11.9. The van der Waals surface area contributed by atoms with Gasteiger partial charge < -0.3 is 9.30 Å². The molecule has 4 rings (SSSR count). The summed E-state index contributed by atoms with van der Waals surface area (Å²) in [5, 5.41) is 2.49. The third kappa shape index (κ3) is 2.51. The van der Waals surface area contributed by atoms with Gasteiger partial charge in [-0.25, -0.2) is 0 Å². The van der Waals surface area contributed by atoms with Gasteiger partial charge in [0.15, 0.2) is 0 Å². The van der Waals surface area contributed by atoms with Gasteiger partial charge in [-0.05, 0) is 23.8 Å². The Labute approximate surface area is 141 Å². The number of hydrogen-bond acceptors (Lipinski definition) is 1. The number of ether oxygens (including phenoxy) is 1. The quantitative estimate of drug-likeness (QED) is 0.491. The van der Waals surface area contributed by atoms with Gasteiger partial charge in [0, 0.05) is 28.9 Å². The first-order valence-corrected chi connectivity index (χ1v) is 7.98. The molecule has 0 aliphatic carbocycles. The lowest BCUT2D eigenvalue weighted by molar-refractivity contribution is 0.371. The van der Waals surface area contributed by atoms with E-state index in [2.05, 4.69) is 71.2 Å². The highest BCUT2D eigenvalue weighted by atomic mass is 16.5. The minimum atomic E-state index is 0.282. The van der Waals surface area contributed by atoms with Crippen LogP contribution >= 0.6 is 0 Å². The van der Waals surface area contributed by atoms with Crippen molar-refractivity contribution in [1.82, 2.24) is 4.57 Å². The Morgan fingerprint density at radius 2 is 1.58 bits per heavy atom. The summed E-state index contributed by atoms with van der Waals surface area (Å²) in [4.78, 5) is 0. The second kappa shape index (κ2) is 6.14. The predicted octanol–water partition coefficient (Wildman–Crippen LogP) is 4.85. The Kier molecular flexibility index (Phi) is 3.69. The molecule has 0 spiro atoms. The van der Waals surface area contributed by atoms with E-state index in [9.17, 15) is 0 Å². The number of hydrogen-bond donors (Lipinski definition) is 0. The van der Waals surface area contributed by atoms with Gasteiger partial charge in [-0.3, -0.25) is 0 Å². The maximum Gasteiger partial charge on any atom is 0.148 e. The van der Waals surface area contributed by atoms with Crippen molar-refractivity contribution in [3.63, 3.8) is 0 Å². The van der Waals surface area contributed by atoms with Gasteiger partial charge in [-0.2, -0.15) is 0 Å². The molecule has 0 aliphatic rings. The number of terminal acetylenes is 1. The van der Waals surface area contributed by atoms with Gasteiger partial charge in [0.1, 0.15) is 12.4 Å². The molecule has 116 valence electrons. The van der Waals surface area contributed by atoms with E-state index < -0.39 is 0 Å². The summed E-state index contributed by atoms with van der Waals surface area (Å²) in [6.07, 6.45) is 5.30. The standard InChI is InChI=1S/C22H17NO/c1-2-14-24-18-12-13-20-19-10-6-7-11-21(19)23(22(20)15-18)16-17-8-4-3-5-9-17/h1,3-13,15H,14,16H2. The van der Waals surface area contributed by atoms with Crippen molar-refractivity contribution in [3.05, 3.63) is 78.4 Å². The minimum absolute atomic E-state index is 0.282. The monoisotopic (exact) mass is 311 g/mol. The van der Waals surface area contributed by atoms with Crippen molar-refractivity contribution in [3.8, 4) is 18.1 Å². The lowest BCUT2D eigenvalue weighted by atomic mass is 10.1. The summed E-state index contributed by atoms with van der Waals surface area (Å²) < 4.78 is 7.95. The number of para-hydroxylation sites is 1. The zero-order valence-electron chi connectivity index (χ0n) is 13.3. The SMILES string of the molecule is C#CCOc1ccc2c3ccccc3n(Cc3ccccc3)c2c1. The minimum Gasteiger partial charge on any atom is -0.481 e. The summed E-state index contributed by atoms with van der Waals surface area (Å²) in [5.41, 5.74) is 3.66. The fourth-order valence-electron chi connectivity index (χ4n) is 3.18. The second-order valence-corrected chi connectivity index (χ2v) is 5.76. The molecule has 2 nitrogen and oxygen atoms in total. The average molecular weight is 311 g/mol. The maximum atomic E-state index is 5.62. The molecule has 0 saturated heterocycles. The molecule has 0 unspecified atom stereocenters. The van der Waals surface area contributed by atoms with Crippen LogP contribution in [0.25, 0.3) is 21.8 Å². The van der Waals surface area contributed by atoms with Gasteiger partial charge in [0.05, 0.1) is 5.52 Å². The number of benzene rings is 3. The average Bonchev–Trinajstić information content (AvgIpc) is 2.94. The zero-order chi connectivity index (χ0) is 16.4. The Balaban J connectivity index is 1.91. The first kappa shape index (κ1) is 14.4. The van der Waals surface area contributed by atoms with E-state index >= 15 is 0 Å². The molecule has 3 aromatic carbocycles. The Hall–Kier alpha value is -3.18. The smallest absolute Gasteiger partial charge is 0.148 e. The van der Waals surface area contributed by atoms with Gasteiger partial charge >= 0.3 is 0 Å². The van der Waals surface area contributed by atoms with Crippen molar-refractivity contribution >= 4 is 21.8 Å². The molecule has 0 amide bonds. The highest BCUT2D eigenvalue weighted by Crippen LogP contribution is 2.32. The number of rotatable bonds is 4. The van der Waals surface area contributed by atoms with E-state index in [0.717, 1.165) is 17.8 Å².